The third-order valence-corrected chi connectivity index (χ3v) is 3.35. The summed E-state index contributed by atoms with van der Waals surface area (Å²) < 4.78 is 10.4. The van der Waals surface area contributed by atoms with E-state index in [-0.39, 0.29) is 5.91 Å². The van der Waals surface area contributed by atoms with Gasteiger partial charge in [0.25, 0.3) is 0 Å². The van der Waals surface area contributed by atoms with Gasteiger partial charge in [0.2, 0.25) is 5.91 Å². The maximum atomic E-state index is 11.9. The molecule has 2 aromatic rings. The largest absolute Gasteiger partial charge is 0.497 e. The van der Waals surface area contributed by atoms with E-state index in [1.54, 1.807) is 26.4 Å². The molecular formula is C19H21NO3. The van der Waals surface area contributed by atoms with Crippen molar-refractivity contribution in [3.63, 3.8) is 0 Å². The minimum Gasteiger partial charge on any atom is -0.497 e. The Morgan fingerprint density at radius 1 is 1.09 bits per heavy atom. The number of hydrogen-bond donors (Lipinski definition) is 1. The summed E-state index contributed by atoms with van der Waals surface area (Å²) in [5.74, 6) is 1.25. The first-order valence-electron chi connectivity index (χ1n) is 7.35. The fourth-order valence-electron chi connectivity index (χ4n) is 2.16. The lowest BCUT2D eigenvalue weighted by molar-refractivity contribution is -0.116. The highest BCUT2D eigenvalue weighted by Gasteiger charge is 2.03. The maximum absolute atomic E-state index is 11.9. The van der Waals surface area contributed by atoms with Gasteiger partial charge in [-0.15, -0.1) is 0 Å². The molecule has 4 heteroatoms. The average molecular weight is 311 g/mol. The summed E-state index contributed by atoms with van der Waals surface area (Å²) in [6, 6.07) is 13.5. The van der Waals surface area contributed by atoms with E-state index in [2.05, 4.69) is 5.32 Å². The molecular weight excluding hydrogens is 290 g/mol. The van der Waals surface area contributed by atoms with Crippen LogP contribution in [0.3, 0.4) is 0 Å². The van der Waals surface area contributed by atoms with Crippen LogP contribution in [0.1, 0.15) is 16.7 Å². The van der Waals surface area contributed by atoms with E-state index in [0.717, 1.165) is 16.7 Å². The number of aryl methyl sites for hydroxylation is 1. The molecule has 0 aromatic heterocycles. The number of methoxy groups -OCH3 is 2. The average Bonchev–Trinajstić information content (AvgIpc) is 2.57. The van der Waals surface area contributed by atoms with Crippen molar-refractivity contribution < 1.29 is 14.3 Å². The van der Waals surface area contributed by atoms with Crippen LogP contribution in [-0.2, 0) is 11.3 Å². The van der Waals surface area contributed by atoms with Gasteiger partial charge in [-0.05, 0) is 36.3 Å². The normalized spacial score (nSPS) is 10.6. The van der Waals surface area contributed by atoms with Crippen molar-refractivity contribution in [3.8, 4) is 11.5 Å². The minimum atomic E-state index is -0.145. The highest BCUT2D eigenvalue weighted by atomic mass is 16.5. The van der Waals surface area contributed by atoms with Crippen molar-refractivity contribution in [2.45, 2.75) is 13.5 Å². The zero-order valence-electron chi connectivity index (χ0n) is 13.6. The molecule has 0 radical (unpaired) electrons. The highest BCUT2D eigenvalue weighted by molar-refractivity contribution is 5.91. The molecule has 0 spiro atoms. The van der Waals surface area contributed by atoms with Crippen LogP contribution in [0.5, 0.6) is 11.5 Å². The standard InChI is InChI=1S/C19H21NO3/c1-14-5-4-6-15(9-14)7-8-19(21)20-13-16-10-17(22-2)12-18(11-16)23-3/h4-12H,13H2,1-3H3,(H,20,21)/b8-7+. The van der Waals surface area contributed by atoms with E-state index in [4.69, 9.17) is 9.47 Å². The van der Waals surface area contributed by atoms with Crippen LogP contribution in [0.15, 0.2) is 48.5 Å². The molecule has 120 valence electrons. The van der Waals surface area contributed by atoms with Crippen LogP contribution in [0, 0.1) is 6.92 Å². The Balaban J connectivity index is 1.96. The minimum absolute atomic E-state index is 0.145. The third-order valence-electron chi connectivity index (χ3n) is 3.35. The Hall–Kier alpha value is -2.75. The van der Waals surface area contributed by atoms with E-state index >= 15 is 0 Å². The van der Waals surface area contributed by atoms with E-state index in [9.17, 15) is 4.79 Å². The van der Waals surface area contributed by atoms with Gasteiger partial charge in [-0.2, -0.15) is 0 Å². The predicted octanol–water partition coefficient (Wildman–Crippen LogP) is 3.34. The van der Waals surface area contributed by atoms with Crippen LogP contribution in [0.2, 0.25) is 0 Å². The van der Waals surface area contributed by atoms with Gasteiger partial charge in [-0.3, -0.25) is 4.79 Å². The number of carbonyl (C=O) groups excluding carboxylic acids is 1. The molecule has 1 N–H and O–H groups in total. The fourth-order valence-corrected chi connectivity index (χ4v) is 2.16. The molecule has 0 saturated carbocycles. The number of ether oxygens (including phenoxy) is 2. The fraction of sp³-hybridized carbons (Fsp3) is 0.211. The molecule has 0 heterocycles. The maximum Gasteiger partial charge on any atom is 0.244 e. The van der Waals surface area contributed by atoms with Gasteiger partial charge in [0.15, 0.2) is 0 Å². The molecule has 0 saturated heterocycles. The molecule has 0 aliphatic carbocycles. The summed E-state index contributed by atoms with van der Waals surface area (Å²) >= 11 is 0. The summed E-state index contributed by atoms with van der Waals surface area (Å²) in [6.07, 6.45) is 3.33. The number of nitrogens with one attached hydrogen (secondary N) is 1. The predicted molar refractivity (Wildman–Crippen MR) is 91.6 cm³/mol. The molecule has 0 atom stereocenters. The van der Waals surface area contributed by atoms with Gasteiger partial charge in [0.05, 0.1) is 14.2 Å². The summed E-state index contributed by atoms with van der Waals surface area (Å²) in [6.45, 7) is 2.43. The molecule has 0 bridgehead atoms. The van der Waals surface area contributed by atoms with Crippen LogP contribution in [-0.4, -0.2) is 20.1 Å². The number of rotatable bonds is 6. The second kappa shape index (κ2) is 8.03. The molecule has 0 fully saturated rings. The van der Waals surface area contributed by atoms with Gasteiger partial charge >= 0.3 is 0 Å². The molecule has 0 aliphatic rings. The van der Waals surface area contributed by atoms with Crippen LogP contribution < -0.4 is 14.8 Å². The van der Waals surface area contributed by atoms with Gasteiger partial charge in [0.1, 0.15) is 11.5 Å². The Morgan fingerprint density at radius 2 is 1.78 bits per heavy atom. The lowest BCUT2D eigenvalue weighted by Crippen LogP contribution is -2.20. The SMILES string of the molecule is COc1cc(CNC(=O)/C=C/c2cccc(C)c2)cc(OC)c1. The molecule has 0 unspecified atom stereocenters. The molecule has 4 nitrogen and oxygen atoms in total. The quantitative estimate of drug-likeness (QED) is 0.832. The van der Waals surface area contributed by atoms with Crippen molar-refractivity contribution in [2.75, 3.05) is 14.2 Å². The first-order valence-corrected chi connectivity index (χ1v) is 7.35. The summed E-state index contributed by atoms with van der Waals surface area (Å²) in [4.78, 5) is 11.9. The Kier molecular flexibility index (Phi) is 5.80. The number of carbonyl (C=O) groups is 1. The molecule has 2 rings (SSSR count). The number of amides is 1. The molecule has 0 aliphatic heterocycles. The van der Waals surface area contributed by atoms with Crippen molar-refractivity contribution >= 4 is 12.0 Å². The zero-order chi connectivity index (χ0) is 16.7. The monoisotopic (exact) mass is 311 g/mol. The van der Waals surface area contributed by atoms with E-state index in [0.29, 0.717) is 18.0 Å². The summed E-state index contributed by atoms with van der Waals surface area (Å²) in [5.41, 5.74) is 3.08. The van der Waals surface area contributed by atoms with Crippen LogP contribution in [0.4, 0.5) is 0 Å². The lowest BCUT2D eigenvalue weighted by Gasteiger charge is -2.08. The highest BCUT2D eigenvalue weighted by Crippen LogP contribution is 2.22. The smallest absolute Gasteiger partial charge is 0.244 e. The number of benzene rings is 2. The van der Waals surface area contributed by atoms with Crippen molar-refractivity contribution in [1.29, 1.82) is 0 Å². The Morgan fingerprint density at radius 3 is 2.39 bits per heavy atom. The molecule has 2 aromatic carbocycles. The first-order chi connectivity index (χ1) is 11.1. The van der Waals surface area contributed by atoms with Crippen molar-refractivity contribution in [1.82, 2.24) is 5.32 Å². The Labute approximate surface area is 136 Å². The Bertz CT molecular complexity index is 685. The van der Waals surface area contributed by atoms with Gasteiger partial charge in [-0.25, -0.2) is 0 Å². The molecule has 23 heavy (non-hydrogen) atoms. The second-order valence-corrected chi connectivity index (χ2v) is 5.19. The van der Waals surface area contributed by atoms with Crippen LogP contribution >= 0.6 is 0 Å². The third kappa shape index (κ3) is 5.18. The molecule has 1 amide bonds. The van der Waals surface area contributed by atoms with Gasteiger partial charge in [0, 0.05) is 18.7 Å². The van der Waals surface area contributed by atoms with E-state index in [1.807, 2.05) is 43.3 Å². The van der Waals surface area contributed by atoms with Gasteiger partial charge < -0.3 is 14.8 Å². The lowest BCUT2D eigenvalue weighted by atomic mass is 10.1. The van der Waals surface area contributed by atoms with Crippen molar-refractivity contribution in [2.24, 2.45) is 0 Å². The van der Waals surface area contributed by atoms with Crippen molar-refractivity contribution in [3.05, 3.63) is 65.2 Å². The zero-order valence-corrected chi connectivity index (χ0v) is 13.6. The van der Waals surface area contributed by atoms with Crippen LogP contribution in [0.25, 0.3) is 6.08 Å². The number of hydrogen-bond acceptors (Lipinski definition) is 3. The second-order valence-electron chi connectivity index (χ2n) is 5.19. The summed E-state index contributed by atoms with van der Waals surface area (Å²) in [7, 11) is 3.20. The van der Waals surface area contributed by atoms with Gasteiger partial charge in [-0.1, -0.05) is 29.8 Å². The summed E-state index contributed by atoms with van der Waals surface area (Å²) in [5, 5.41) is 2.85. The van der Waals surface area contributed by atoms with E-state index in [1.165, 1.54) is 6.08 Å². The first kappa shape index (κ1) is 16.6. The van der Waals surface area contributed by atoms with E-state index < -0.39 is 0 Å². The topological polar surface area (TPSA) is 47.6 Å².